The van der Waals surface area contributed by atoms with Crippen molar-refractivity contribution in [2.75, 3.05) is 0 Å². The summed E-state index contributed by atoms with van der Waals surface area (Å²) >= 11 is 0. The molecule has 0 bridgehead atoms. The van der Waals surface area contributed by atoms with Crippen LogP contribution >= 0.6 is 0 Å². The molecule has 2 aromatic rings. The van der Waals surface area contributed by atoms with E-state index >= 15 is 0 Å². The molecule has 1 atom stereocenters. The monoisotopic (exact) mass is 320 g/mol. The molecule has 8 heteroatoms. The fraction of sp³-hybridized carbons (Fsp3) is 0.733. The molecule has 8 nitrogen and oxygen atoms in total. The van der Waals surface area contributed by atoms with Gasteiger partial charge in [-0.3, -0.25) is 4.57 Å². The highest BCUT2D eigenvalue weighted by molar-refractivity contribution is 4.95. The van der Waals surface area contributed by atoms with Crippen molar-refractivity contribution < 1.29 is 4.52 Å². The minimum absolute atomic E-state index is 0.104. The molecule has 2 N–H and O–H groups in total. The normalized spacial score (nSPS) is 16.3. The van der Waals surface area contributed by atoms with E-state index in [1.807, 2.05) is 0 Å². The second kappa shape index (κ2) is 6.66. The molecule has 0 radical (unpaired) electrons. The van der Waals surface area contributed by atoms with Crippen molar-refractivity contribution >= 4 is 0 Å². The van der Waals surface area contributed by atoms with Crippen molar-refractivity contribution in [1.82, 2.24) is 24.5 Å². The fourth-order valence-electron chi connectivity index (χ4n) is 2.95. The summed E-state index contributed by atoms with van der Waals surface area (Å²) in [6, 6.07) is -0.247. The van der Waals surface area contributed by atoms with Gasteiger partial charge in [-0.15, -0.1) is 0 Å². The van der Waals surface area contributed by atoms with Crippen LogP contribution in [0.1, 0.15) is 63.1 Å². The quantitative estimate of drug-likeness (QED) is 0.889. The van der Waals surface area contributed by atoms with E-state index in [2.05, 4.69) is 29.1 Å². The second-order valence-electron chi connectivity index (χ2n) is 6.60. The molecule has 3 rings (SSSR count). The predicted octanol–water partition coefficient (Wildman–Crippen LogP) is 1.25. The van der Waals surface area contributed by atoms with Gasteiger partial charge in [-0.1, -0.05) is 25.4 Å². The fourth-order valence-corrected chi connectivity index (χ4v) is 2.95. The molecule has 126 valence electrons. The number of aromatic nitrogens is 5. The molecule has 23 heavy (non-hydrogen) atoms. The maximum absolute atomic E-state index is 12.4. The van der Waals surface area contributed by atoms with Crippen molar-refractivity contribution in [2.24, 2.45) is 11.7 Å². The summed E-state index contributed by atoms with van der Waals surface area (Å²) in [6.07, 6.45) is 4.87. The number of hydrogen-bond acceptors (Lipinski definition) is 6. The standard InChI is InChI=1S/C15H24N6O2/c1-10(2)8-11(16)14-17-13(23-19-14)9-21-15(22)20-7-5-3-4-6-12(20)18-21/h10-11H,3-9,16H2,1-2H3. The average Bonchev–Trinajstić information content (AvgIpc) is 2.98. The van der Waals surface area contributed by atoms with Crippen molar-refractivity contribution in [1.29, 1.82) is 0 Å². The lowest BCUT2D eigenvalue weighted by Gasteiger charge is -2.08. The molecule has 1 aliphatic heterocycles. The highest BCUT2D eigenvalue weighted by atomic mass is 16.5. The number of nitrogens with zero attached hydrogens (tertiary/aromatic N) is 5. The van der Waals surface area contributed by atoms with Crippen LogP contribution in [-0.2, 0) is 19.5 Å². The zero-order valence-electron chi connectivity index (χ0n) is 13.7. The number of rotatable bonds is 5. The van der Waals surface area contributed by atoms with Crippen LogP contribution < -0.4 is 11.4 Å². The summed E-state index contributed by atoms with van der Waals surface area (Å²) < 4.78 is 8.40. The van der Waals surface area contributed by atoms with Crippen LogP contribution in [0.15, 0.2) is 9.32 Å². The van der Waals surface area contributed by atoms with Gasteiger partial charge < -0.3 is 10.3 Å². The van der Waals surface area contributed by atoms with Gasteiger partial charge in [0.2, 0.25) is 5.89 Å². The van der Waals surface area contributed by atoms with E-state index in [0.29, 0.717) is 17.6 Å². The summed E-state index contributed by atoms with van der Waals surface area (Å²) in [5.41, 5.74) is 5.95. The largest absolute Gasteiger partial charge is 0.346 e. The third-order valence-electron chi connectivity index (χ3n) is 4.11. The zero-order valence-corrected chi connectivity index (χ0v) is 13.7. The van der Waals surface area contributed by atoms with E-state index in [0.717, 1.165) is 44.5 Å². The van der Waals surface area contributed by atoms with E-state index in [9.17, 15) is 4.79 Å². The SMILES string of the molecule is CC(C)CC(N)c1noc(Cn2nc3n(c2=O)CCCCC3)n1. The Kier molecular flexibility index (Phi) is 4.61. The van der Waals surface area contributed by atoms with Gasteiger partial charge in [0.1, 0.15) is 12.4 Å². The highest BCUT2D eigenvalue weighted by Gasteiger charge is 2.19. The minimum atomic E-state index is -0.247. The van der Waals surface area contributed by atoms with Gasteiger partial charge in [-0.2, -0.15) is 10.1 Å². The Hall–Kier alpha value is -1.96. The second-order valence-corrected chi connectivity index (χ2v) is 6.60. The van der Waals surface area contributed by atoms with Gasteiger partial charge in [0, 0.05) is 13.0 Å². The molecule has 3 heterocycles. The molecule has 0 aliphatic carbocycles. The third kappa shape index (κ3) is 3.52. The van der Waals surface area contributed by atoms with Crippen LogP contribution in [-0.4, -0.2) is 24.5 Å². The summed E-state index contributed by atoms with van der Waals surface area (Å²) in [5.74, 6) is 2.17. The molecule has 0 saturated heterocycles. The molecule has 2 aromatic heterocycles. The molecule has 0 fully saturated rings. The first-order valence-corrected chi connectivity index (χ1v) is 8.29. The first kappa shape index (κ1) is 15.9. The molecule has 0 amide bonds. The van der Waals surface area contributed by atoms with Crippen LogP contribution in [0.5, 0.6) is 0 Å². The first-order chi connectivity index (χ1) is 11.0. The zero-order chi connectivity index (χ0) is 16.4. The topological polar surface area (TPSA) is 105 Å². The lowest BCUT2D eigenvalue weighted by atomic mass is 10.0. The maximum atomic E-state index is 12.4. The van der Waals surface area contributed by atoms with E-state index in [1.54, 1.807) is 4.57 Å². The van der Waals surface area contributed by atoms with Crippen LogP contribution in [0.4, 0.5) is 0 Å². The van der Waals surface area contributed by atoms with Gasteiger partial charge in [0.05, 0.1) is 6.04 Å². The summed E-state index contributed by atoms with van der Waals surface area (Å²) in [5, 5.41) is 8.35. The molecule has 1 unspecified atom stereocenters. The molecular weight excluding hydrogens is 296 g/mol. The van der Waals surface area contributed by atoms with E-state index in [1.165, 1.54) is 4.68 Å². The molecular formula is C15H24N6O2. The van der Waals surface area contributed by atoms with Crippen molar-refractivity contribution in [3.05, 3.63) is 28.0 Å². The van der Waals surface area contributed by atoms with Gasteiger partial charge in [-0.05, 0) is 25.2 Å². The minimum Gasteiger partial charge on any atom is -0.337 e. The number of fused-ring (bicyclic) bond motifs is 1. The summed E-state index contributed by atoms with van der Waals surface area (Å²) in [6.45, 7) is 5.12. The van der Waals surface area contributed by atoms with Crippen LogP contribution in [0.3, 0.4) is 0 Å². The van der Waals surface area contributed by atoms with Gasteiger partial charge in [-0.25, -0.2) is 9.48 Å². The van der Waals surface area contributed by atoms with Crippen molar-refractivity contribution in [3.63, 3.8) is 0 Å². The number of nitrogens with two attached hydrogens (primary N) is 1. The molecule has 1 aliphatic rings. The Labute approximate surface area is 134 Å². The average molecular weight is 320 g/mol. The smallest absolute Gasteiger partial charge is 0.337 e. The summed E-state index contributed by atoms with van der Waals surface area (Å²) in [7, 11) is 0. The van der Waals surface area contributed by atoms with Gasteiger partial charge in [0.15, 0.2) is 5.82 Å². The Morgan fingerprint density at radius 1 is 1.30 bits per heavy atom. The molecule has 0 spiro atoms. The third-order valence-corrected chi connectivity index (χ3v) is 4.11. The van der Waals surface area contributed by atoms with E-state index < -0.39 is 0 Å². The lowest BCUT2D eigenvalue weighted by molar-refractivity contribution is 0.353. The number of hydrogen-bond donors (Lipinski definition) is 1. The lowest BCUT2D eigenvalue weighted by Crippen LogP contribution is -2.25. The molecule has 0 aromatic carbocycles. The van der Waals surface area contributed by atoms with Crippen LogP contribution in [0, 0.1) is 5.92 Å². The van der Waals surface area contributed by atoms with Crippen LogP contribution in [0.2, 0.25) is 0 Å². The van der Waals surface area contributed by atoms with Crippen LogP contribution in [0.25, 0.3) is 0 Å². The van der Waals surface area contributed by atoms with Gasteiger partial charge >= 0.3 is 5.69 Å². The number of aryl methyl sites for hydroxylation is 1. The Morgan fingerprint density at radius 3 is 2.91 bits per heavy atom. The van der Waals surface area contributed by atoms with E-state index in [4.69, 9.17) is 10.3 Å². The Balaban J connectivity index is 1.75. The Morgan fingerprint density at radius 2 is 2.13 bits per heavy atom. The van der Waals surface area contributed by atoms with E-state index in [-0.39, 0.29) is 18.3 Å². The summed E-state index contributed by atoms with van der Waals surface area (Å²) in [4.78, 5) is 16.7. The Bertz CT molecular complexity index is 714. The maximum Gasteiger partial charge on any atom is 0.346 e. The van der Waals surface area contributed by atoms with Crippen molar-refractivity contribution in [3.8, 4) is 0 Å². The molecule has 0 saturated carbocycles. The predicted molar refractivity (Wildman–Crippen MR) is 83.8 cm³/mol. The highest BCUT2D eigenvalue weighted by Crippen LogP contribution is 2.16. The first-order valence-electron chi connectivity index (χ1n) is 8.29. The van der Waals surface area contributed by atoms with Crippen molar-refractivity contribution in [2.45, 2.75) is 65.1 Å². The van der Waals surface area contributed by atoms with Gasteiger partial charge in [0.25, 0.3) is 0 Å².